The number of hydrogen-bond donors (Lipinski definition) is 0. The highest BCUT2D eigenvalue weighted by molar-refractivity contribution is 4.81. The van der Waals surface area contributed by atoms with E-state index in [0.717, 1.165) is 18.8 Å². The summed E-state index contributed by atoms with van der Waals surface area (Å²) in [5.41, 5.74) is 0. The van der Waals surface area contributed by atoms with Crippen molar-refractivity contribution in [2.24, 2.45) is 5.92 Å². The molecule has 0 aliphatic heterocycles. The van der Waals surface area contributed by atoms with Crippen LogP contribution in [-0.2, 0) is 0 Å². The molecule has 28 heavy (non-hydrogen) atoms. The van der Waals surface area contributed by atoms with Crippen molar-refractivity contribution < 1.29 is 0 Å². The van der Waals surface area contributed by atoms with Gasteiger partial charge in [-0.2, -0.15) is 0 Å². The van der Waals surface area contributed by atoms with E-state index in [4.69, 9.17) is 0 Å². The second-order valence-corrected chi connectivity index (χ2v) is 8.91. The van der Waals surface area contributed by atoms with Crippen molar-refractivity contribution in [2.75, 3.05) is 0 Å². The molecule has 2 radical (unpaired) electrons. The van der Waals surface area contributed by atoms with Crippen LogP contribution >= 0.6 is 0 Å². The molecule has 0 N–H and O–H groups in total. The maximum Gasteiger partial charge on any atom is -0.0351 e. The number of hydrogen-bond acceptors (Lipinski definition) is 0. The predicted octanol–water partition coefficient (Wildman–Crippen LogP) is 10.4. The molecule has 0 aromatic rings. The van der Waals surface area contributed by atoms with Crippen molar-refractivity contribution >= 4 is 0 Å². The molecule has 0 aliphatic carbocycles. The summed E-state index contributed by atoms with van der Waals surface area (Å²) in [5, 5.41) is 0. The average molecular weight is 391 g/mol. The highest BCUT2D eigenvalue weighted by atomic mass is 14.1. The summed E-state index contributed by atoms with van der Waals surface area (Å²) in [5.74, 6) is 0.985. The Balaban J connectivity index is 3.29. The molecule has 0 aliphatic rings. The molecule has 0 bridgehead atoms. The molecule has 0 saturated carbocycles. The fourth-order valence-corrected chi connectivity index (χ4v) is 4.12. The summed E-state index contributed by atoms with van der Waals surface area (Å²) in [4.78, 5) is 0. The molecule has 0 saturated heterocycles. The zero-order valence-electron chi connectivity index (χ0n) is 19.7. The first-order valence-electron chi connectivity index (χ1n) is 13.1. The lowest BCUT2D eigenvalue weighted by Crippen LogP contribution is -1.99. The van der Waals surface area contributed by atoms with Crippen LogP contribution in [0.1, 0.15) is 148 Å². The minimum absolute atomic E-state index is 0.985. The van der Waals surface area contributed by atoms with Crippen LogP contribution < -0.4 is 0 Å². The van der Waals surface area contributed by atoms with Gasteiger partial charge in [0.25, 0.3) is 0 Å². The third kappa shape index (κ3) is 22.0. The Morgan fingerprint density at radius 1 is 0.500 bits per heavy atom. The molecule has 166 valence electrons. The summed E-state index contributed by atoms with van der Waals surface area (Å²) in [6.07, 6.45) is 35.1. The zero-order chi connectivity index (χ0) is 20.5. The second kappa shape index (κ2) is 24.8. The fraction of sp³-hybridized carbons (Fsp3) is 0.857. The molecular formula is C28H54. The van der Waals surface area contributed by atoms with Gasteiger partial charge in [-0.15, -0.1) is 0 Å². The van der Waals surface area contributed by atoms with Gasteiger partial charge in [-0.3, -0.25) is 0 Å². The topological polar surface area (TPSA) is 0 Å². The molecule has 0 spiro atoms. The average Bonchev–Trinajstić information content (AvgIpc) is 2.71. The third-order valence-corrected chi connectivity index (χ3v) is 6.21. The Bertz CT molecular complexity index is 290. The van der Waals surface area contributed by atoms with E-state index in [2.05, 4.69) is 32.9 Å². The van der Waals surface area contributed by atoms with E-state index in [1.807, 2.05) is 0 Å². The molecule has 0 aromatic carbocycles. The Hall–Kier alpha value is -0.260. The first-order chi connectivity index (χ1) is 13.8. The van der Waals surface area contributed by atoms with Crippen LogP contribution in [0, 0.1) is 19.8 Å². The summed E-state index contributed by atoms with van der Waals surface area (Å²) < 4.78 is 0. The first kappa shape index (κ1) is 27.7. The summed E-state index contributed by atoms with van der Waals surface area (Å²) in [6.45, 7) is 10.2. The van der Waals surface area contributed by atoms with Crippen molar-refractivity contribution in [2.45, 2.75) is 148 Å². The summed E-state index contributed by atoms with van der Waals surface area (Å²) >= 11 is 0. The van der Waals surface area contributed by atoms with Crippen LogP contribution in [0.15, 0.2) is 12.2 Å². The van der Waals surface area contributed by atoms with Gasteiger partial charge in [0, 0.05) is 0 Å². The van der Waals surface area contributed by atoms with Crippen LogP contribution in [0.2, 0.25) is 0 Å². The minimum atomic E-state index is 0.985. The van der Waals surface area contributed by atoms with E-state index < -0.39 is 0 Å². The fourth-order valence-electron chi connectivity index (χ4n) is 4.12. The zero-order valence-corrected chi connectivity index (χ0v) is 19.7. The van der Waals surface area contributed by atoms with Crippen LogP contribution in [0.3, 0.4) is 0 Å². The standard InChI is InChI=1S/C28H54/c1-4-7-9-11-12-13-14-15-16-17-18-19-20-21-23-25-27-28(6-3)26-24-22-10-8-5-2/h18-19,28H,1-2,4-17,20-27H2,3H3. The molecule has 0 heteroatoms. The second-order valence-electron chi connectivity index (χ2n) is 8.91. The monoisotopic (exact) mass is 390 g/mol. The lowest BCUT2D eigenvalue weighted by Gasteiger charge is -2.14. The van der Waals surface area contributed by atoms with E-state index in [0.29, 0.717) is 0 Å². The Kier molecular flexibility index (Phi) is 24.5. The molecule has 1 atom stereocenters. The van der Waals surface area contributed by atoms with E-state index in [1.165, 1.54) is 128 Å². The summed E-state index contributed by atoms with van der Waals surface area (Å²) in [6, 6.07) is 0. The van der Waals surface area contributed by atoms with Gasteiger partial charge in [-0.25, -0.2) is 0 Å². The van der Waals surface area contributed by atoms with Crippen molar-refractivity contribution in [1.29, 1.82) is 0 Å². The minimum Gasteiger partial charge on any atom is -0.0885 e. The van der Waals surface area contributed by atoms with E-state index in [-0.39, 0.29) is 0 Å². The van der Waals surface area contributed by atoms with Gasteiger partial charge in [0.1, 0.15) is 0 Å². The third-order valence-electron chi connectivity index (χ3n) is 6.21. The smallest absolute Gasteiger partial charge is 0.0351 e. The maximum absolute atomic E-state index is 3.93. The lowest BCUT2D eigenvalue weighted by molar-refractivity contribution is 0.395. The molecule has 0 rings (SSSR count). The van der Waals surface area contributed by atoms with Gasteiger partial charge in [0.05, 0.1) is 0 Å². The SMILES string of the molecule is [CH2]CCCCCCCCCCC=CCCCCCC(CC)CCCCCC[CH2]. The van der Waals surface area contributed by atoms with Gasteiger partial charge in [-0.05, 0) is 31.6 Å². The van der Waals surface area contributed by atoms with E-state index >= 15 is 0 Å². The molecule has 0 aromatic heterocycles. The van der Waals surface area contributed by atoms with E-state index in [1.54, 1.807) is 0 Å². The van der Waals surface area contributed by atoms with Crippen LogP contribution in [0.4, 0.5) is 0 Å². The van der Waals surface area contributed by atoms with Gasteiger partial charge >= 0.3 is 0 Å². The Morgan fingerprint density at radius 3 is 1.29 bits per heavy atom. The molecule has 0 amide bonds. The highest BCUT2D eigenvalue weighted by Crippen LogP contribution is 2.21. The van der Waals surface area contributed by atoms with Crippen LogP contribution in [-0.4, -0.2) is 0 Å². The number of unbranched alkanes of at least 4 members (excludes halogenated alkanes) is 16. The quantitative estimate of drug-likeness (QED) is 0.120. The van der Waals surface area contributed by atoms with Crippen LogP contribution in [0.5, 0.6) is 0 Å². The largest absolute Gasteiger partial charge is 0.0885 e. The first-order valence-corrected chi connectivity index (χ1v) is 13.1. The molecule has 0 nitrogen and oxygen atoms in total. The van der Waals surface area contributed by atoms with Crippen molar-refractivity contribution in [3.05, 3.63) is 26.0 Å². The normalized spacial score (nSPS) is 12.8. The number of rotatable bonds is 23. The van der Waals surface area contributed by atoms with Crippen LogP contribution in [0.25, 0.3) is 0 Å². The predicted molar refractivity (Wildman–Crippen MR) is 131 cm³/mol. The van der Waals surface area contributed by atoms with Crippen molar-refractivity contribution in [1.82, 2.24) is 0 Å². The Labute approximate surface area is 180 Å². The number of allylic oxidation sites excluding steroid dienone is 2. The molecule has 0 fully saturated rings. The molecule has 1 unspecified atom stereocenters. The van der Waals surface area contributed by atoms with Crippen molar-refractivity contribution in [3.63, 3.8) is 0 Å². The van der Waals surface area contributed by atoms with Gasteiger partial charge in [-0.1, -0.05) is 148 Å². The van der Waals surface area contributed by atoms with Gasteiger partial charge in [0.15, 0.2) is 0 Å². The van der Waals surface area contributed by atoms with Gasteiger partial charge in [0.2, 0.25) is 0 Å². The Morgan fingerprint density at radius 2 is 0.857 bits per heavy atom. The summed E-state index contributed by atoms with van der Waals surface area (Å²) in [7, 11) is 0. The van der Waals surface area contributed by atoms with E-state index in [9.17, 15) is 0 Å². The maximum atomic E-state index is 3.93. The molecule has 0 heterocycles. The van der Waals surface area contributed by atoms with Gasteiger partial charge < -0.3 is 0 Å². The highest BCUT2D eigenvalue weighted by Gasteiger charge is 2.05. The molecular weight excluding hydrogens is 336 g/mol. The lowest BCUT2D eigenvalue weighted by atomic mass is 9.92. The van der Waals surface area contributed by atoms with Crippen molar-refractivity contribution in [3.8, 4) is 0 Å².